The summed E-state index contributed by atoms with van der Waals surface area (Å²) in [6, 6.07) is 8.45. The number of nitrogens with zero attached hydrogens (tertiary/aromatic N) is 2. The molecule has 0 unspecified atom stereocenters. The average molecular weight is 289 g/mol. The lowest BCUT2D eigenvalue weighted by molar-refractivity contribution is -0.126. The molecule has 0 N–H and O–H groups in total. The molecule has 1 heterocycles. The fraction of sp³-hybridized carbons (Fsp3) is 0.267. The molecule has 1 saturated carbocycles. The summed E-state index contributed by atoms with van der Waals surface area (Å²) in [6.07, 6.45) is 0.637. The maximum atomic E-state index is 11.8. The molecule has 0 atom stereocenters. The van der Waals surface area contributed by atoms with Gasteiger partial charge in [-0.2, -0.15) is 5.10 Å². The van der Waals surface area contributed by atoms with Crippen LogP contribution in [0.2, 0.25) is 5.02 Å². The number of benzene rings is 1. The third-order valence-electron chi connectivity index (χ3n) is 3.53. The largest absolute Gasteiger partial charge is 0.297 e. The molecule has 1 aliphatic rings. The van der Waals surface area contributed by atoms with E-state index in [0.717, 1.165) is 17.0 Å². The number of carbonyl (C=O) groups is 2. The van der Waals surface area contributed by atoms with Gasteiger partial charge in [0.05, 0.1) is 5.69 Å². The third-order valence-corrected chi connectivity index (χ3v) is 3.79. The summed E-state index contributed by atoms with van der Waals surface area (Å²) in [7, 11) is 0. The van der Waals surface area contributed by atoms with Crippen LogP contribution in [0.25, 0.3) is 11.3 Å². The summed E-state index contributed by atoms with van der Waals surface area (Å²) in [5, 5.41) is 5.08. The minimum atomic E-state index is -0.740. The third kappa shape index (κ3) is 2.16. The molecule has 0 saturated heterocycles. The van der Waals surface area contributed by atoms with Crippen LogP contribution < -0.4 is 0 Å². The van der Waals surface area contributed by atoms with Crippen LogP contribution in [0.4, 0.5) is 0 Å². The molecule has 0 bridgehead atoms. The first kappa shape index (κ1) is 13.1. The molecule has 1 fully saturated rings. The van der Waals surface area contributed by atoms with Gasteiger partial charge in [0.15, 0.2) is 17.6 Å². The highest BCUT2D eigenvalue weighted by atomic mass is 35.5. The van der Waals surface area contributed by atoms with Gasteiger partial charge in [-0.3, -0.25) is 14.3 Å². The molecule has 5 heteroatoms. The van der Waals surface area contributed by atoms with E-state index in [2.05, 4.69) is 5.10 Å². The number of aromatic nitrogens is 2. The number of ketones is 2. The quantitative estimate of drug-likeness (QED) is 0.798. The molecule has 3 rings (SSSR count). The van der Waals surface area contributed by atoms with Gasteiger partial charge in [0.25, 0.3) is 0 Å². The highest BCUT2D eigenvalue weighted by molar-refractivity contribution is 6.30. The molecule has 2 aromatic rings. The van der Waals surface area contributed by atoms with Gasteiger partial charge >= 0.3 is 0 Å². The van der Waals surface area contributed by atoms with Crippen LogP contribution in [0.3, 0.4) is 0 Å². The molecule has 1 aromatic carbocycles. The van der Waals surface area contributed by atoms with Crippen molar-refractivity contribution in [2.45, 2.75) is 25.8 Å². The topological polar surface area (TPSA) is 52.0 Å². The molecule has 4 nitrogen and oxygen atoms in total. The predicted octanol–water partition coefficient (Wildman–Crippen LogP) is 2.99. The van der Waals surface area contributed by atoms with E-state index in [-0.39, 0.29) is 11.6 Å². The lowest BCUT2D eigenvalue weighted by Crippen LogP contribution is -2.22. The van der Waals surface area contributed by atoms with Crippen LogP contribution in [0, 0.1) is 6.92 Å². The van der Waals surface area contributed by atoms with Crippen molar-refractivity contribution >= 4 is 23.2 Å². The minimum Gasteiger partial charge on any atom is -0.297 e. The van der Waals surface area contributed by atoms with Crippen LogP contribution in [-0.2, 0) is 9.59 Å². The first-order valence-corrected chi connectivity index (χ1v) is 6.81. The smallest absolute Gasteiger partial charge is 0.168 e. The maximum absolute atomic E-state index is 11.8. The van der Waals surface area contributed by atoms with Gasteiger partial charge in [0.1, 0.15) is 0 Å². The SMILES string of the molecule is Cc1cc(-c2ccc(Cl)cc2)nn1C1C(=O)CCC1=O. The summed E-state index contributed by atoms with van der Waals surface area (Å²) in [5.41, 5.74) is 2.46. The van der Waals surface area contributed by atoms with Gasteiger partial charge in [0, 0.05) is 29.1 Å². The molecular formula is C15H13ClN2O2. The molecule has 0 aliphatic heterocycles. The molecule has 0 spiro atoms. The Morgan fingerprint density at radius 2 is 1.75 bits per heavy atom. The molecule has 0 amide bonds. The number of hydrogen-bond donors (Lipinski definition) is 0. The second-order valence-electron chi connectivity index (χ2n) is 4.96. The van der Waals surface area contributed by atoms with Gasteiger partial charge in [-0.25, -0.2) is 0 Å². The lowest BCUT2D eigenvalue weighted by atomic mass is 10.1. The van der Waals surface area contributed by atoms with Crippen molar-refractivity contribution in [2.75, 3.05) is 0 Å². The van der Waals surface area contributed by atoms with Crippen molar-refractivity contribution in [1.29, 1.82) is 0 Å². The Labute approximate surface area is 121 Å². The number of hydrogen-bond acceptors (Lipinski definition) is 3. The zero-order valence-electron chi connectivity index (χ0n) is 11.0. The number of Topliss-reactive ketones (excluding diaryl/α,β-unsaturated/α-hetero) is 2. The average Bonchev–Trinajstić information content (AvgIpc) is 2.94. The van der Waals surface area contributed by atoms with Crippen LogP contribution in [0.5, 0.6) is 0 Å². The van der Waals surface area contributed by atoms with Gasteiger partial charge in [-0.15, -0.1) is 0 Å². The predicted molar refractivity (Wildman–Crippen MR) is 75.7 cm³/mol. The van der Waals surface area contributed by atoms with Gasteiger partial charge in [-0.05, 0) is 25.1 Å². The molecule has 1 aromatic heterocycles. The van der Waals surface area contributed by atoms with E-state index in [0.29, 0.717) is 17.9 Å². The number of halogens is 1. The zero-order valence-corrected chi connectivity index (χ0v) is 11.7. The Kier molecular flexibility index (Phi) is 3.18. The normalized spacial score (nSPS) is 16.1. The van der Waals surface area contributed by atoms with E-state index in [1.807, 2.05) is 25.1 Å². The summed E-state index contributed by atoms with van der Waals surface area (Å²) in [4.78, 5) is 23.7. The van der Waals surface area contributed by atoms with Gasteiger partial charge in [-0.1, -0.05) is 23.7 Å². The second kappa shape index (κ2) is 4.87. The Balaban J connectivity index is 2.01. The molecule has 0 radical (unpaired) electrons. The van der Waals surface area contributed by atoms with E-state index >= 15 is 0 Å². The minimum absolute atomic E-state index is 0.0520. The Bertz CT molecular complexity index is 672. The highest BCUT2D eigenvalue weighted by Gasteiger charge is 2.35. The summed E-state index contributed by atoms with van der Waals surface area (Å²) < 4.78 is 1.54. The first-order valence-electron chi connectivity index (χ1n) is 6.44. The number of aryl methyl sites for hydroxylation is 1. The van der Waals surface area contributed by atoms with Crippen molar-refractivity contribution in [2.24, 2.45) is 0 Å². The molecule has 1 aliphatic carbocycles. The Hall–Kier alpha value is -1.94. The monoisotopic (exact) mass is 288 g/mol. The number of carbonyl (C=O) groups excluding carboxylic acids is 2. The summed E-state index contributed by atoms with van der Waals surface area (Å²) in [6.45, 7) is 1.85. The van der Waals surface area contributed by atoms with Crippen LogP contribution in [0.1, 0.15) is 24.6 Å². The fourth-order valence-corrected chi connectivity index (χ4v) is 2.61. The van der Waals surface area contributed by atoms with Crippen molar-refractivity contribution in [3.63, 3.8) is 0 Å². The maximum Gasteiger partial charge on any atom is 0.168 e. The van der Waals surface area contributed by atoms with Crippen molar-refractivity contribution in [3.8, 4) is 11.3 Å². The van der Waals surface area contributed by atoms with E-state index in [1.165, 1.54) is 0 Å². The van der Waals surface area contributed by atoms with E-state index in [1.54, 1.807) is 16.8 Å². The summed E-state index contributed by atoms with van der Waals surface area (Å²) >= 11 is 5.86. The Morgan fingerprint density at radius 3 is 2.35 bits per heavy atom. The van der Waals surface area contributed by atoms with Crippen molar-refractivity contribution in [1.82, 2.24) is 9.78 Å². The lowest BCUT2D eigenvalue weighted by Gasteiger charge is -2.09. The van der Waals surface area contributed by atoms with E-state index in [9.17, 15) is 9.59 Å². The molecule has 20 heavy (non-hydrogen) atoms. The van der Waals surface area contributed by atoms with Crippen LogP contribution in [-0.4, -0.2) is 21.3 Å². The van der Waals surface area contributed by atoms with Gasteiger partial charge < -0.3 is 0 Å². The molecule has 102 valence electrons. The van der Waals surface area contributed by atoms with E-state index in [4.69, 9.17) is 11.6 Å². The van der Waals surface area contributed by atoms with Gasteiger partial charge in [0.2, 0.25) is 0 Å². The van der Waals surface area contributed by atoms with E-state index < -0.39 is 6.04 Å². The van der Waals surface area contributed by atoms with Crippen molar-refractivity contribution < 1.29 is 9.59 Å². The number of rotatable bonds is 2. The van der Waals surface area contributed by atoms with Crippen molar-refractivity contribution in [3.05, 3.63) is 41.0 Å². The summed E-state index contributed by atoms with van der Waals surface area (Å²) in [5.74, 6) is -0.104. The zero-order chi connectivity index (χ0) is 14.3. The fourth-order valence-electron chi connectivity index (χ4n) is 2.48. The highest BCUT2D eigenvalue weighted by Crippen LogP contribution is 2.27. The Morgan fingerprint density at radius 1 is 1.15 bits per heavy atom. The first-order chi connectivity index (χ1) is 9.56. The van der Waals surface area contributed by atoms with Crippen LogP contribution in [0.15, 0.2) is 30.3 Å². The second-order valence-corrected chi connectivity index (χ2v) is 5.39. The molecular weight excluding hydrogens is 276 g/mol. The van der Waals surface area contributed by atoms with Crippen LogP contribution >= 0.6 is 11.6 Å². The standard InChI is InChI=1S/C15H13ClN2O2/c1-9-8-12(10-2-4-11(16)5-3-10)17-18(9)15-13(19)6-7-14(15)20/h2-5,8,15H,6-7H2,1H3.